The van der Waals surface area contributed by atoms with Crippen LogP contribution < -0.4 is 5.32 Å². The molecule has 1 aliphatic carbocycles. The highest BCUT2D eigenvalue weighted by Crippen LogP contribution is 2.38. The first kappa shape index (κ1) is 14.3. The van der Waals surface area contributed by atoms with Crippen LogP contribution in [0.15, 0.2) is 28.8 Å². The first-order chi connectivity index (χ1) is 10.3. The molecule has 0 radical (unpaired) electrons. The van der Waals surface area contributed by atoms with E-state index in [0.29, 0.717) is 12.0 Å². The lowest BCUT2D eigenvalue weighted by Gasteiger charge is -2.27. The van der Waals surface area contributed by atoms with E-state index in [9.17, 15) is 0 Å². The molecular formula is C17H23N3O. The number of hydrogen-bond acceptors (Lipinski definition) is 4. The van der Waals surface area contributed by atoms with Gasteiger partial charge >= 0.3 is 0 Å². The van der Waals surface area contributed by atoms with Crippen molar-refractivity contribution in [3.8, 4) is 0 Å². The van der Waals surface area contributed by atoms with Crippen molar-refractivity contribution in [3.63, 3.8) is 0 Å². The Balaban J connectivity index is 1.65. The molecule has 1 heterocycles. The molecule has 2 aromatic rings. The largest absolute Gasteiger partial charge is 0.339 e. The second-order valence-electron chi connectivity index (χ2n) is 5.77. The lowest BCUT2D eigenvalue weighted by Crippen LogP contribution is -2.31. The highest BCUT2D eigenvalue weighted by Gasteiger charge is 2.31. The average Bonchev–Trinajstić information content (AvgIpc) is 2.93. The van der Waals surface area contributed by atoms with E-state index in [4.69, 9.17) is 4.52 Å². The molecule has 0 saturated carbocycles. The van der Waals surface area contributed by atoms with E-state index in [0.717, 1.165) is 43.9 Å². The van der Waals surface area contributed by atoms with Crippen LogP contribution in [-0.4, -0.2) is 22.7 Å². The van der Waals surface area contributed by atoms with E-state index in [1.54, 1.807) is 0 Å². The van der Waals surface area contributed by atoms with Gasteiger partial charge in [-0.05, 0) is 36.9 Å². The van der Waals surface area contributed by atoms with Crippen LogP contribution in [-0.2, 0) is 12.8 Å². The summed E-state index contributed by atoms with van der Waals surface area (Å²) in [5, 5.41) is 7.71. The molecule has 0 fully saturated rings. The van der Waals surface area contributed by atoms with Gasteiger partial charge in [-0.1, -0.05) is 43.3 Å². The van der Waals surface area contributed by atoms with Crippen molar-refractivity contribution in [2.75, 3.05) is 6.54 Å². The van der Waals surface area contributed by atoms with Crippen LogP contribution in [0.3, 0.4) is 0 Å². The molecule has 0 amide bonds. The summed E-state index contributed by atoms with van der Waals surface area (Å²) in [6.07, 6.45) is 4.06. The Bertz CT molecular complexity index is 593. The van der Waals surface area contributed by atoms with Gasteiger partial charge in [-0.15, -0.1) is 0 Å². The van der Waals surface area contributed by atoms with Crippen LogP contribution in [0, 0.1) is 0 Å². The highest BCUT2D eigenvalue weighted by molar-refractivity contribution is 5.43. The minimum absolute atomic E-state index is 0.322. The van der Waals surface area contributed by atoms with Crippen molar-refractivity contribution in [1.29, 1.82) is 0 Å². The van der Waals surface area contributed by atoms with E-state index >= 15 is 0 Å². The van der Waals surface area contributed by atoms with Gasteiger partial charge in [0.1, 0.15) is 0 Å². The Hall–Kier alpha value is -1.68. The fourth-order valence-electron chi connectivity index (χ4n) is 2.90. The molecule has 0 saturated heterocycles. The summed E-state index contributed by atoms with van der Waals surface area (Å²) in [5.74, 6) is 1.92. The predicted molar refractivity (Wildman–Crippen MR) is 82.4 cm³/mol. The maximum absolute atomic E-state index is 5.45. The van der Waals surface area contributed by atoms with E-state index in [1.807, 2.05) is 0 Å². The van der Waals surface area contributed by atoms with E-state index < -0.39 is 0 Å². The van der Waals surface area contributed by atoms with Crippen LogP contribution in [0.5, 0.6) is 0 Å². The third-order valence-corrected chi connectivity index (χ3v) is 4.25. The number of fused-ring (bicyclic) bond motifs is 1. The predicted octanol–water partition coefficient (Wildman–Crippen LogP) is 3.08. The fourth-order valence-corrected chi connectivity index (χ4v) is 2.90. The highest BCUT2D eigenvalue weighted by atomic mass is 16.5. The molecule has 2 atom stereocenters. The molecule has 1 aliphatic rings. The molecular weight excluding hydrogens is 262 g/mol. The van der Waals surface area contributed by atoms with Gasteiger partial charge in [0.2, 0.25) is 5.89 Å². The molecule has 21 heavy (non-hydrogen) atoms. The van der Waals surface area contributed by atoms with E-state index in [-0.39, 0.29) is 0 Å². The van der Waals surface area contributed by atoms with Gasteiger partial charge in [0.05, 0.1) is 5.92 Å². The standard InChI is InChI=1S/C17H23N3O/c1-3-9-18-13(4-2)11-16-19-17(20-21-16)15-10-12-7-5-6-8-14(12)15/h5-8,13,15,18H,3-4,9-11H2,1-2H3. The molecule has 1 N–H and O–H groups in total. The van der Waals surface area contributed by atoms with Gasteiger partial charge in [0.15, 0.2) is 5.82 Å². The molecule has 0 bridgehead atoms. The van der Waals surface area contributed by atoms with Crippen molar-refractivity contribution in [3.05, 3.63) is 47.1 Å². The minimum Gasteiger partial charge on any atom is -0.339 e. The summed E-state index contributed by atoms with van der Waals surface area (Å²) in [4.78, 5) is 4.61. The van der Waals surface area contributed by atoms with Gasteiger partial charge in [0, 0.05) is 12.5 Å². The quantitative estimate of drug-likeness (QED) is 0.849. The maximum atomic E-state index is 5.45. The van der Waals surface area contributed by atoms with Gasteiger partial charge in [-0.3, -0.25) is 0 Å². The smallest absolute Gasteiger partial charge is 0.228 e. The Kier molecular flexibility index (Phi) is 4.34. The lowest BCUT2D eigenvalue weighted by molar-refractivity contribution is 0.348. The fraction of sp³-hybridized carbons (Fsp3) is 0.529. The molecule has 3 rings (SSSR count). The Morgan fingerprint density at radius 1 is 1.33 bits per heavy atom. The monoisotopic (exact) mass is 285 g/mol. The van der Waals surface area contributed by atoms with Crippen LogP contribution in [0.1, 0.15) is 55.4 Å². The summed E-state index contributed by atoms with van der Waals surface area (Å²) in [7, 11) is 0. The molecule has 2 unspecified atom stereocenters. The molecule has 1 aromatic carbocycles. The zero-order valence-corrected chi connectivity index (χ0v) is 12.8. The van der Waals surface area contributed by atoms with Crippen LogP contribution in [0.4, 0.5) is 0 Å². The number of aromatic nitrogens is 2. The maximum Gasteiger partial charge on any atom is 0.228 e. The van der Waals surface area contributed by atoms with Crippen molar-refractivity contribution < 1.29 is 4.52 Å². The second kappa shape index (κ2) is 6.39. The molecule has 0 spiro atoms. The zero-order chi connectivity index (χ0) is 14.7. The third-order valence-electron chi connectivity index (χ3n) is 4.25. The third kappa shape index (κ3) is 3.00. The first-order valence-electron chi connectivity index (χ1n) is 7.95. The SMILES string of the molecule is CCCNC(CC)Cc1nc(C2Cc3ccccc32)no1. The number of rotatable bonds is 7. The number of hydrogen-bond donors (Lipinski definition) is 1. The summed E-state index contributed by atoms with van der Waals surface area (Å²) in [6, 6.07) is 8.92. The van der Waals surface area contributed by atoms with Crippen molar-refractivity contribution >= 4 is 0 Å². The second-order valence-corrected chi connectivity index (χ2v) is 5.77. The van der Waals surface area contributed by atoms with Crippen LogP contribution in [0.25, 0.3) is 0 Å². The van der Waals surface area contributed by atoms with Gasteiger partial charge in [-0.2, -0.15) is 4.98 Å². The van der Waals surface area contributed by atoms with E-state index in [2.05, 4.69) is 53.6 Å². The number of nitrogens with one attached hydrogen (secondary N) is 1. The Morgan fingerprint density at radius 2 is 2.19 bits per heavy atom. The molecule has 4 heteroatoms. The Morgan fingerprint density at radius 3 is 2.95 bits per heavy atom. The molecule has 1 aromatic heterocycles. The van der Waals surface area contributed by atoms with Crippen molar-refractivity contribution in [1.82, 2.24) is 15.5 Å². The molecule has 112 valence electrons. The van der Waals surface area contributed by atoms with Crippen LogP contribution >= 0.6 is 0 Å². The van der Waals surface area contributed by atoms with Crippen LogP contribution in [0.2, 0.25) is 0 Å². The van der Waals surface area contributed by atoms with Gasteiger partial charge in [-0.25, -0.2) is 0 Å². The summed E-state index contributed by atoms with van der Waals surface area (Å²) in [6.45, 7) is 5.40. The zero-order valence-electron chi connectivity index (χ0n) is 12.8. The molecule has 0 aliphatic heterocycles. The lowest BCUT2D eigenvalue weighted by atomic mass is 9.77. The normalized spacial score (nSPS) is 18.1. The number of benzene rings is 1. The summed E-state index contributed by atoms with van der Waals surface area (Å²) >= 11 is 0. The van der Waals surface area contributed by atoms with Gasteiger partial charge < -0.3 is 9.84 Å². The molecule has 4 nitrogen and oxygen atoms in total. The van der Waals surface area contributed by atoms with Crippen molar-refractivity contribution in [2.24, 2.45) is 0 Å². The summed E-state index contributed by atoms with van der Waals surface area (Å²) in [5.41, 5.74) is 2.76. The first-order valence-corrected chi connectivity index (χ1v) is 7.95. The minimum atomic E-state index is 0.322. The van der Waals surface area contributed by atoms with Gasteiger partial charge in [0.25, 0.3) is 0 Å². The summed E-state index contributed by atoms with van der Waals surface area (Å²) < 4.78 is 5.45. The number of nitrogens with zero attached hydrogens (tertiary/aromatic N) is 2. The van der Waals surface area contributed by atoms with E-state index in [1.165, 1.54) is 11.1 Å². The Labute approximate surface area is 126 Å². The van der Waals surface area contributed by atoms with Crippen molar-refractivity contribution in [2.45, 2.75) is 51.5 Å². The average molecular weight is 285 g/mol. The topological polar surface area (TPSA) is 51.0 Å².